The number of nitrogens with one attached hydrogen (secondary N) is 2. The van der Waals surface area contributed by atoms with Crippen molar-refractivity contribution in [2.75, 3.05) is 10.6 Å². The van der Waals surface area contributed by atoms with Gasteiger partial charge in [-0.05, 0) is 29.8 Å². The number of carbonyl (C=O) groups is 1. The van der Waals surface area contributed by atoms with Gasteiger partial charge in [0.1, 0.15) is 28.2 Å². The Labute approximate surface area is 228 Å². The van der Waals surface area contributed by atoms with Crippen LogP contribution in [0.5, 0.6) is 11.5 Å². The molecule has 1 aromatic heterocycles. The molecule has 0 radical (unpaired) electrons. The van der Waals surface area contributed by atoms with Crippen molar-refractivity contribution in [1.82, 2.24) is 9.78 Å². The maximum Gasteiger partial charge on any atom is 0.410 e. The van der Waals surface area contributed by atoms with Crippen molar-refractivity contribution in [3.8, 4) is 11.5 Å². The number of non-ortho nitro benzene ring substituents is 1. The van der Waals surface area contributed by atoms with Crippen LogP contribution in [0.4, 0.5) is 34.8 Å². The molecule has 9 nitrogen and oxygen atoms in total. The second-order valence-corrected chi connectivity index (χ2v) is 9.22. The predicted octanol–water partition coefficient (Wildman–Crippen LogP) is 7.29. The number of anilines is 2. The van der Waals surface area contributed by atoms with Gasteiger partial charge in [0, 0.05) is 18.6 Å². The molecule has 3 aromatic carbocycles. The summed E-state index contributed by atoms with van der Waals surface area (Å²) in [5, 5.41) is 20.3. The van der Waals surface area contributed by atoms with Gasteiger partial charge < -0.3 is 15.4 Å². The lowest BCUT2D eigenvalue weighted by Gasteiger charge is -2.33. The number of nitro benzene ring substituents is 1. The fourth-order valence-corrected chi connectivity index (χ4v) is 4.55. The Morgan fingerprint density at radius 1 is 1.10 bits per heavy atom. The van der Waals surface area contributed by atoms with E-state index in [1.165, 1.54) is 18.2 Å². The summed E-state index contributed by atoms with van der Waals surface area (Å²) in [5.41, 5.74) is -0.480. The number of fused-ring (bicyclic) bond motifs is 1. The summed E-state index contributed by atoms with van der Waals surface area (Å²) in [4.78, 5) is 23.8. The molecule has 1 aliphatic heterocycles. The first-order valence-electron chi connectivity index (χ1n) is 11.7. The standard InChI is InChI=1S/C26H18ClF4N5O4/c27-22-23(34-35-21(26(29,30)31)13-20(33-24(22)35)14-4-2-1-3-5-14)25(37)32-16-10-17(36(38)39)12-19(11-16)40-18-8-6-15(28)7-9-18/h1-12,20-21,33H,13H2,(H,32,37). The number of benzene rings is 3. The second kappa shape index (κ2) is 10.5. The van der Waals surface area contributed by atoms with Gasteiger partial charge in [0.2, 0.25) is 0 Å². The third-order valence-corrected chi connectivity index (χ3v) is 6.48. The topological polar surface area (TPSA) is 111 Å². The van der Waals surface area contributed by atoms with Gasteiger partial charge >= 0.3 is 6.18 Å². The summed E-state index contributed by atoms with van der Waals surface area (Å²) in [5.74, 6) is -1.60. The van der Waals surface area contributed by atoms with Crippen molar-refractivity contribution < 1.29 is 32.0 Å². The maximum absolute atomic E-state index is 14.0. The van der Waals surface area contributed by atoms with Crippen LogP contribution in [0.3, 0.4) is 0 Å². The van der Waals surface area contributed by atoms with E-state index in [9.17, 15) is 32.5 Å². The quantitative estimate of drug-likeness (QED) is 0.142. The van der Waals surface area contributed by atoms with Gasteiger partial charge in [-0.2, -0.15) is 18.3 Å². The number of rotatable bonds is 6. The van der Waals surface area contributed by atoms with Gasteiger partial charge in [-0.1, -0.05) is 41.9 Å². The molecular weight excluding hydrogens is 558 g/mol. The first-order valence-corrected chi connectivity index (χ1v) is 12.1. The SMILES string of the molecule is O=C(Nc1cc(Oc2ccc(F)cc2)cc([N+](=O)[O-])c1)c1nn2c(c1Cl)NC(c1ccccc1)CC2C(F)(F)F. The van der Waals surface area contributed by atoms with Crippen LogP contribution in [0.1, 0.15) is 34.6 Å². The molecule has 0 saturated heterocycles. The van der Waals surface area contributed by atoms with Crippen molar-refractivity contribution in [3.05, 3.63) is 105 Å². The molecule has 40 heavy (non-hydrogen) atoms. The lowest BCUT2D eigenvalue weighted by molar-refractivity contribution is -0.384. The lowest BCUT2D eigenvalue weighted by atomic mass is 9.97. The maximum atomic E-state index is 14.0. The van der Waals surface area contributed by atoms with E-state index in [4.69, 9.17) is 16.3 Å². The Balaban J connectivity index is 1.46. The van der Waals surface area contributed by atoms with E-state index in [2.05, 4.69) is 15.7 Å². The van der Waals surface area contributed by atoms with Crippen LogP contribution in [0.25, 0.3) is 0 Å². The van der Waals surface area contributed by atoms with Gasteiger partial charge in [-0.25, -0.2) is 9.07 Å². The molecule has 2 N–H and O–H groups in total. The van der Waals surface area contributed by atoms with Crippen LogP contribution in [-0.2, 0) is 0 Å². The molecule has 2 atom stereocenters. The summed E-state index contributed by atoms with van der Waals surface area (Å²) in [6.45, 7) is 0. The summed E-state index contributed by atoms with van der Waals surface area (Å²) in [6, 6.07) is 13.9. The molecule has 1 amide bonds. The number of carbonyl (C=O) groups excluding carboxylic acids is 1. The minimum atomic E-state index is -4.69. The molecule has 0 aliphatic carbocycles. The average molecular weight is 576 g/mol. The highest BCUT2D eigenvalue weighted by atomic mass is 35.5. The molecule has 0 spiro atoms. The molecule has 4 aromatic rings. The summed E-state index contributed by atoms with van der Waals surface area (Å²) in [6.07, 6.45) is -5.09. The Hall–Kier alpha value is -4.65. The van der Waals surface area contributed by atoms with E-state index in [0.717, 1.165) is 24.3 Å². The zero-order valence-electron chi connectivity index (χ0n) is 20.2. The fourth-order valence-electron chi connectivity index (χ4n) is 4.29. The minimum absolute atomic E-state index is 0.0594. The molecule has 0 fully saturated rings. The van der Waals surface area contributed by atoms with Crippen LogP contribution >= 0.6 is 11.6 Å². The molecule has 2 heterocycles. The number of aromatic nitrogens is 2. The molecule has 14 heteroatoms. The smallest absolute Gasteiger partial charge is 0.410 e. The molecule has 2 unspecified atom stereocenters. The number of nitro groups is 1. The normalized spacial score (nSPS) is 16.5. The Kier molecular flexibility index (Phi) is 7.06. The molecule has 0 saturated carbocycles. The third-order valence-electron chi connectivity index (χ3n) is 6.12. The Morgan fingerprint density at radius 3 is 2.45 bits per heavy atom. The minimum Gasteiger partial charge on any atom is -0.457 e. The predicted molar refractivity (Wildman–Crippen MR) is 137 cm³/mol. The van der Waals surface area contributed by atoms with E-state index in [1.54, 1.807) is 30.3 Å². The van der Waals surface area contributed by atoms with E-state index >= 15 is 0 Å². The molecule has 1 aliphatic rings. The lowest BCUT2D eigenvalue weighted by Crippen LogP contribution is -2.35. The van der Waals surface area contributed by atoms with Crippen LogP contribution in [-0.4, -0.2) is 26.8 Å². The Morgan fingerprint density at radius 2 is 1.80 bits per heavy atom. The van der Waals surface area contributed by atoms with Crippen LogP contribution in [0.15, 0.2) is 72.8 Å². The highest BCUT2D eigenvalue weighted by molar-refractivity contribution is 6.36. The highest BCUT2D eigenvalue weighted by Crippen LogP contribution is 2.46. The van der Waals surface area contributed by atoms with Crippen LogP contribution in [0.2, 0.25) is 5.02 Å². The number of ether oxygens (including phenoxy) is 1. The van der Waals surface area contributed by atoms with Crippen molar-refractivity contribution >= 4 is 34.7 Å². The van der Waals surface area contributed by atoms with E-state index in [1.807, 2.05) is 0 Å². The van der Waals surface area contributed by atoms with E-state index in [0.29, 0.717) is 10.2 Å². The van der Waals surface area contributed by atoms with Crippen molar-refractivity contribution in [2.45, 2.75) is 24.7 Å². The number of alkyl halides is 3. The van der Waals surface area contributed by atoms with Gasteiger partial charge in [-0.3, -0.25) is 14.9 Å². The van der Waals surface area contributed by atoms with Crippen molar-refractivity contribution in [3.63, 3.8) is 0 Å². The van der Waals surface area contributed by atoms with E-state index in [-0.39, 0.29) is 28.0 Å². The molecule has 0 bridgehead atoms. The summed E-state index contributed by atoms with van der Waals surface area (Å²) in [7, 11) is 0. The number of nitrogens with zero attached hydrogens (tertiary/aromatic N) is 3. The monoisotopic (exact) mass is 575 g/mol. The zero-order chi connectivity index (χ0) is 28.6. The zero-order valence-corrected chi connectivity index (χ0v) is 20.9. The summed E-state index contributed by atoms with van der Waals surface area (Å²) >= 11 is 6.37. The van der Waals surface area contributed by atoms with Crippen molar-refractivity contribution in [1.29, 1.82) is 0 Å². The summed E-state index contributed by atoms with van der Waals surface area (Å²) < 4.78 is 61.5. The number of amides is 1. The first-order chi connectivity index (χ1) is 19.0. The molecule has 5 rings (SSSR count). The first kappa shape index (κ1) is 26.9. The number of halogens is 5. The van der Waals surface area contributed by atoms with Gasteiger partial charge in [0.25, 0.3) is 11.6 Å². The molecule has 206 valence electrons. The Bertz CT molecular complexity index is 1580. The van der Waals surface area contributed by atoms with Crippen molar-refractivity contribution in [2.24, 2.45) is 0 Å². The van der Waals surface area contributed by atoms with Crippen LogP contribution in [0, 0.1) is 15.9 Å². The van der Waals surface area contributed by atoms with Gasteiger partial charge in [0.15, 0.2) is 11.7 Å². The van der Waals surface area contributed by atoms with Gasteiger partial charge in [-0.15, -0.1) is 0 Å². The number of hydrogen-bond donors (Lipinski definition) is 2. The molecular formula is C26H18ClF4N5O4. The van der Waals surface area contributed by atoms with Gasteiger partial charge in [0.05, 0.1) is 22.7 Å². The van der Waals surface area contributed by atoms with Crippen LogP contribution < -0.4 is 15.4 Å². The fraction of sp³-hybridized carbons (Fsp3) is 0.154. The second-order valence-electron chi connectivity index (χ2n) is 8.84. The number of hydrogen-bond acceptors (Lipinski definition) is 6. The largest absolute Gasteiger partial charge is 0.457 e. The highest BCUT2D eigenvalue weighted by Gasteiger charge is 2.47. The average Bonchev–Trinajstić information content (AvgIpc) is 3.25. The third kappa shape index (κ3) is 5.54. The van der Waals surface area contributed by atoms with E-state index < -0.39 is 52.7 Å².